The van der Waals surface area contributed by atoms with Crippen LogP contribution in [0.25, 0.3) is 11.0 Å². The van der Waals surface area contributed by atoms with Crippen LogP contribution in [0.5, 0.6) is 5.75 Å². The van der Waals surface area contributed by atoms with E-state index in [0.717, 1.165) is 36.6 Å². The third kappa shape index (κ3) is 2.62. The Balaban J connectivity index is 2.70. The van der Waals surface area contributed by atoms with Gasteiger partial charge in [-0.2, -0.15) is 0 Å². The molecule has 0 radical (unpaired) electrons. The van der Waals surface area contributed by atoms with E-state index in [0.29, 0.717) is 21.2 Å². The molecule has 20 heavy (non-hydrogen) atoms. The quantitative estimate of drug-likeness (QED) is 0.654. The molecule has 4 heteroatoms. The lowest BCUT2D eigenvalue weighted by Crippen LogP contribution is -2.09. The molecular formula is C16H19BrO3. The van der Waals surface area contributed by atoms with Crippen molar-refractivity contribution in [3.63, 3.8) is 0 Å². The molecular weight excluding hydrogens is 320 g/mol. The van der Waals surface area contributed by atoms with Gasteiger partial charge < -0.3 is 9.52 Å². The van der Waals surface area contributed by atoms with Gasteiger partial charge in [-0.1, -0.05) is 19.8 Å². The summed E-state index contributed by atoms with van der Waals surface area (Å²) in [5.74, 6) is 0.129. The fraction of sp³-hybridized carbons (Fsp3) is 0.438. The third-order valence-corrected chi connectivity index (χ3v) is 4.35. The van der Waals surface area contributed by atoms with E-state index in [-0.39, 0.29) is 11.4 Å². The van der Waals surface area contributed by atoms with Crippen LogP contribution >= 0.6 is 15.9 Å². The lowest BCUT2D eigenvalue weighted by molar-refractivity contribution is 0.464. The average molecular weight is 339 g/mol. The molecule has 0 aliphatic heterocycles. The molecule has 0 saturated carbocycles. The molecule has 1 aromatic heterocycles. The van der Waals surface area contributed by atoms with Gasteiger partial charge in [0, 0.05) is 16.5 Å². The zero-order valence-corrected chi connectivity index (χ0v) is 13.6. The van der Waals surface area contributed by atoms with Crippen molar-refractivity contribution in [1.29, 1.82) is 0 Å². The molecule has 0 aliphatic rings. The molecule has 0 fully saturated rings. The predicted octanol–water partition coefficient (Wildman–Crippen LogP) is 4.61. The van der Waals surface area contributed by atoms with Gasteiger partial charge in [0.05, 0.1) is 4.47 Å². The van der Waals surface area contributed by atoms with Crippen LogP contribution in [-0.4, -0.2) is 5.11 Å². The largest absolute Gasteiger partial charge is 0.506 e. The first-order chi connectivity index (χ1) is 9.47. The first-order valence-corrected chi connectivity index (χ1v) is 7.71. The Kier molecular flexibility index (Phi) is 4.53. The van der Waals surface area contributed by atoms with Crippen molar-refractivity contribution < 1.29 is 9.52 Å². The maximum absolute atomic E-state index is 12.0. The summed E-state index contributed by atoms with van der Waals surface area (Å²) in [5, 5.41) is 10.9. The van der Waals surface area contributed by atoms with Crippen LogP contribution in [0, 0.1) is 13.8 Å². The molecule has 1 N–H and O–H groups in total. The number of fused-ring (bicyclic) bond motifs is 1. The summed E-state index contributed by atoms with van der Waals surface area (Å²) in [7, 11) is 0. The summed E-state index contributed by atoms with van der Waals surface area (Å²) in [6, 6.07) is 1.84. The van der Waals surface area contributed by atoms with Gasteiger partial charge in [0.2, 0.25) is 0 Å². The van der Waals surface area contributed by atoms with E-state index in [1.165, 1.54) is 0 Å². The second-order valence-electron chi connectivity index (χ2n) is 5.16. The molecule has 2 aromatic rings. The second-order valence-corrected chi connectivity index (χ2v) is 6.01. The number of aromatic hydroxyl groups is 1. The fourth-order valence-electron chi connectivity index (χ4n) is 2.47. The minimum absolute atomic E-state index is 0.129. The molecule has 0 amide bonds. The Morgan fingerprint density at radius 3 is 2.60 bits per heavy atom. The monoisotopic (exact) mass is 338 g/mol. The smallest absolute Gasteiger partial charge is 0.339 e. The number of halogens is 1. The Hall–Kier alpha value is -1.29. The summed E-state index contributed by atoms with van der Waals surface area (Å²) in [5.41, 5.74) is 2.49. The molecule has 0 aliphatic carbocycles. The topological polar surface area (TPSA) is 50.4 Å². The van der Waals surface area contributed by atoms with E-state index >= 15 is 0 Å². The predicted molar refractivity (Wildman–Crippen MR) is 84.6 cm³/mol. The minimum Gasteiger partial charge on any atom is -0.506 e. The highest BCUT2D eigenvalue weighted by molar-refractivity contribution is 9.10. The van der Waals surface area contributed by atoms with Crippen LogP contribution in [0.15, 0.2) is 19.8 Å². The van der Waals surface area contributed by atoms with E-state index in [1.54, 1.807) is 6.92 Å². The van der Waals surface area contributed by atoms with E-state index < -0.39 is 0 Å². The number of phenols is 1. The van der Waals surface area contributed by atoms with Gasteiger partial charge in [-0.05, 0) is 54.2 Å². The summed E-state index contributed by atoms with van der Waals surface area (Å²) < 4.78 is 6.00. The minimum atomic E-state index is -0.311. The Bertz CT molecular complexity index is 701. The summed E-state index contributed by atoms with van der Waals surface area (Å²) in [6.45, 7) is 5.72. The maximum Gasteiger partial charge on any atom is 0.339 e. The van der Waals surface area contributed by atoms with Gasteiger partial charge >= 0.3 is 5.63 Å². The molecule has 3 nitrogen and oxygen atoms in total. The molecule has 2 rings (SSSR count). The highest BCUT2D eigenvalue weighted by Gasteiger charge is 2.16. The first kappa shape index (κ1) is 15.1. The highest BCUT2D eigenvalue weighted by atomic mass is 79.9. The van der Waals surface area contributed by atoms with Crippen LogP contribution in [0.2, 0.25) is 0 Å². The molecule has 108 valence electrons. The van der Waals surface area contributed by atoms with E-state index in [1.807, 2.05) is 13.0 Å². The fourth-order valence-corrected chi connectivity index (χ4v) is 3.00. The molecule has 1 heterocycles. The van der Waals surface area contributed by atoms with Gasteiger partial charge in [-0.3, -0.25) is 0 Å². The van der Waals surface area contributed by atoms with Gasteiger partial charge in [0.25, 0.3) is 0 Å². The Labute approximate surface area is 126 Å². The van der Waals surface area contributed by atoms with Gasteiger partial charge in [0.15, 0.2) is 0 Å². The van der Waals surface area contributed by atoms with Crippen molar-refractivity contribution in [2.24, 2.45) is 0 Å². The lowest BCUT2D eigenvalue weighted by atomic mass is 9.98. The molecule has 0 atom stereocenters. The number of hydrogen-bond donors (Lipinski definition) is 1. The Morgan fingerprint density at radius 1 is 1.25 bits per heavy atom. The molecule has 1 aromatic carbocycles. The number of unbranched alkanes of at least 4 members (excludes halogenated alkanes) is 2. The highest BCUT2D eigenvalue weighted by Crippen LogP contribution is 2.35. The van der Waals surface area contributed by atoms with Crippen LogP contribution in [0.4, 0.5) is 0 Å². The van der Waals surface area contributed by atoms with E-state index in [9.17, 15) is 9.90 Å². The SMILES string of the molecule is CCCCCc1c(C)c(=O)oc2c(C)c(O)c(Br)cc12. The Morgan fingerprint density at radius 2 is 1.95 bits per heavy atom. The van der Waals surface area contributed by atoms with Crippen LogP contribution < -0.4 is 5.63 Å². The zero-order valence-electron chi connectivity index (χ0n) is 12.0. The van der Waals surface area contributed by atoms with Crippen molar-refractivity contribution in [3.05, 3.63) is 37.6 Å². The lowest BCUT2D eigenvalue weighted by Gasteiger charge is -2.12. The van der Waals surface area contributed by atoms with Crippen LogP contribution in [-0.2, 0) is 6.42 Å². The van der Waals surface area contributed by atoms with Gasteiger partial charge in [0.1, 0.15) is 11.3 Å². The van der Waals surface area contributed by atoms with Crippen molar-refractivity contribution in [3.8, 4) is 5.75 Å². The number of hydrogen-bond acceptors (Lipinski definition) is 3. The zero-order chi connectivity index (χ0) is 14.9. The number of rotatable bonds is 4. The van der Waals surface area contributed by atoms with E-state index in [2.05, 4.69) is 22.9 Å². The maximum atomic E-state index is 12.0. The molecule has 0 spiro atoms. The standard InChI is InChI=1S/C16H19BrO3/c1-4-5-6-7-11-9(2)16(19)20-15-10(3)14(18)13(17)8-12(11)15/h8,18H,4-7H2,1-3H3. The van der Waals surface area contributed by atoms with Crippen LogP contribution in [0.3, 0.4) is 0 Å². The van der Waals surface area contributed by atoms with Crippen LogP contribution in [0.1, 0.15) is 42.9 Å². The summed E-state index contributed by atoms with van der Waals surface area (Å²) in [6.07, 6.45) is 4.19. The normalized spacial score (nSPS) is 11.2. The summed E-state index contributed by atoms with van der Waals surface area (Å²) >= 11 is 3.36. The molecule has 0 saturated heterocycles. The molecule has 0 unspecified atom stereocenters. The average Bonchev–Trinajstić information content (AvgIpc) is 2.42. The third-order valence-electron chi connectivity index (χ3n) is 3.75. The number of benzene rings is 1. The summed E-state index contributed by atoms with van der Waals surface area (Å²) in [4.78, 5) is 12.0. The van der Waals surface area contributed by atoms with Gasteiger partial charge in [-0.25, -0.2) is 4.79 Å². The van der Waals surface area contributed by atoms with E-state index in [4.69, 9.17) is 4.42 Å². The van der Waals surface area contributed by atoms with Crippen molar-refractivity contribution >= 4 is 26.9 Å². The number of phenolic OH excluding ortho intramolecular Hbond substituents is 1. The number of aryl methyl sites for hydroxylation is 2. The van der Waals surface area contributed by atoms with Crippen molar-refractivity contribution in [2.45, 2.75) is 46.5 Å². The van der Waals surface area contributed by atoms with Crippen molar-refractivity contribution in [1.82, 2.24) is 0 Å². The first-order valence-electron chi connectivity index (χ1n) is 6.91. The van der Waals surface area contributed by atoms with Crippen molar-refractivity contribution in [2.75, 3.05) is 0 Å². The second kappa shape index (κ2) is 6.00. The molecule has 0 bridgehead atoms. The van der Waals surface area contributed by atoms with Gasteiger partial charge in [-0.15, -0.1) is 0 Å².